The summed E-state index contributed by atoms with van der Waals surface area (Å²) in [5.41, 5.74) is 12.7. The molecule has 0 aliphatic rings. The number of ether oxygens (including phenoxy) is 1. The number of carbonyl (C=O) groups is 5. The second-order valence-electron chi connectivity index (χ2n) is 9.45. The number of anilines is 1. The van der Waals surface area contributed by atoms with Crippen LogP contribution in [0.25, 0.3) is 0 Å². The van der Waals surface area contributed by atoms with Crippen molar-refractivity contribution >= 4 is 35.6 Å². The summed E-state index contributed by atoms with van der Waals surface area (Å²) in [6.07, 6.45) is 1.48. The molecule has 1 aromatic heterocycles. The Hall–Kier alpha value is -4.59. The molecule has 40 heavy (non-hydrogen) atoms. The molecule has 0 radical (unpaired) electrons. The number of primary amides is 1. The van der Waals surface area contributed by atoms with Crippen molar-refractivity contribution in [1.82, 2.24) is 20.5 Å². The van der Waals surface area contributed by atoms with E-state index in [0.717, 1.165) is 4.90 Å². The molecule has 0 spiro atoms. The van der Waals surface area contributed by atoms with Crippen LogP contribution in [0, 0.1) is 5.92 Å². The lowest BCUT2D eigenvalue weighted by atomic mass is 10.0. The highest BCUT2D eigenvalue weighted by Gasteiger charge is 2.25. The van der Waals surface area contributed by atoms with Crippen LogP contribution in [0.5, 0.6) is 0 Å². The number of amides is 5. The molecule has 14 nitrogen and oxygen atoms in total. The highest BCUT2D eigenvalue weighted by atomic mass is 16.6. The van der Waals surface area contributed by atoms with E-state index in [1.54, 1.807) is 56.4 Å². The number of nitrogens with zero attached hydrogens (tertiary/aromatic N) is 1. The van der Waals surface area contributed by atoms with Gasteiger partial charge >= 0.3 is 18.1 Å². The first-order chi connectivity index (χ1) is 19.0. The molecule has 2 atom stereocenters. The maximum absolute atomic E-state index is 13.0. The molecular formula is C26H37N7O7. The lowest BCUT2D eigenvalue weighted by Crippen LogP contribution is -2.51. The maximum Gasteiger partial charge on any atom is 0.410 e. The van der Waals surface area contributed by atoms with E-state index >= 15 is 0 Å². The minimum absolute atomic E-state index is 0.0431. The summed E-state index contributed by atoms with van der Waals surface area (Å²) < 4.78 is 5.28. The van der Waals surface area contributed by atoms with Crippen LogP contribution in [-0.2, 0) is 32.3 Å². The average molecular weight is 560 g/mol. The number of H-pyrrole nitrogens is 1. The van der Waals surface area contributed by atoms with E-state index < -0.39 is 48.5 Å². The molecular weight excluding hydrogens is 522 g/mol. The summed E-state index contributed by atoms with van der Waals surface area (Å²) in [6.45, 7) is 3.21. The molecule has 2 rings (SSSR count). The van der Waals surface area contributed by atoms with Gasteiger partial charge in [0.25, 0.3) is 0 Å². The molecule has 9 N–H and O–H groups in total. The third kappa shape index (κ3) is 11.0. The Kier molecular flexibility index (Phi) is 12.4. The van der Waals surface area contributed by atoms with Gasteiger partial charge in [0.2, 0.25) is 11.8 Å². The predicted molar refractivity (Wildman–Crippen MR) is 146 cm³/mol. The first kappa shape index (κ1) is 31.6. The van der Waals surface area contributed by atoms with E-state index in [1.807, 2.05) is 0 Å². The van der Waals surface area contributed by atoms with Crippen LogP contribution >= 0.6 is 0 Å². The van der Waals surface area contributed by atoms with Crippen LogP contribution < -0.4 is 27.4 Å². The molecule has 0 aliphatic heterocycles. The largest absolute Gasteiger partial charge is 0.480 e. The zero-order valence-corrected chi connectivity index (χ0v) is 22.5. The topological polar surface area (TPSA) is 222 Å². The van der Waals surface area contributed by atoms with Gasteiger partial charge in [0, 0.05) is 24.1 Å². The van der Waals surface area contributed by atoms with E-state index in [2.05, 4.69) is 20.9 Å². The van der Waals surface area contributed by atoms with E-state index in [4.69, 9.17) is 21.3 Å². The minimum atomic E-state index is -1.17. The Morgan fingerprint density at radius 3 is 2.35 bits per heavy atom. The van der Waals surface area contributed by atoms with E-state index in [9.17, 15) is 24.0 Å². The number of nitrogens with two attached hydrogens (primary N) is 2. The number of carboxylic acids is 1. The second kappa shape index (κ2) is 15.7. The third-order valence-corrected chi connectivity index (χ3v) is 5.81. The molecule has 14 heteroatoms. The fraction of sp³-hybridized carbons (Fsp3) is 0.423. The van der Waals surface area contributed by atoms with E-state index in [-0.39, 0.29) is 32.0 Å². The summed E-state index contributed by atoms with van der Waals surface area (Å²) in [5.74, 6) is -2.25. The van der Waals surface area contributed by atoms with Gasteiger partial charge in [0.05, 0.1) is 12.6 Å². The van der Waals surface area contributed by atoms with Crippen molar-refractivity contribution in [2.75, 3.05) is 18.4 Å². The molecule has 0 aliphatic carbocycles. The number of hydrogen-bond acceptors (Lipinski definition) is 7. The van der Waals surface area contributed by atoms with Crippen molar-refractivity contribution in [3.8, 4) is 0 Å². The van der Waals surface area contributed by atoms with Crippen LogP contribution in [0.2, 0.25) is 0 Å². The molecule has 2 aromatic rings. The van der Waals surface area contributed by atoms with Gasteiger partial charge in [0.15, 0.2) is 0 Å². The third-order valence-electron chi connectivity index (χ3n) is 5.81. The van der Waals surface area contributed by atoms with Crippen molar-refractivity contribution < 1.29 is 33.8 Å². The number of urea groups is 1. The Bertz CT molecular complexity index is 1140. The Balaban J connectivity index is 1.97. The highest BCUT2D eigenvalue weighted by Crippen LogP contribution is 2.13. The minimum Gasteiger partial charge on any atom is -0.480 e. The fourth-order valence-electron chi connectivity index (χ4n) is 3.53. The second-order valence-corrected chi connectivity index (χ2v) is 9.45. The van der Waals surface area contributed by atoms with Crippen molar-refractivity contribution in [1.29, 1.82) is 0 Å². The summed E-state index contributed by atoms with van der Waals surface area (Å²) in [5, 5.41) is 17.0. The number of aliphatic carboxylic acids is 1. The Morgan fingerprint density at radius 1 is 1.07 bits per heavy atom. The van der Waals surface area contributed by atoms with E-state index in [1.165, 1.54) is 0 Å². The van der Waals surface area contributed by atoms with Gasteiger partial charge in [0.1, 0.15) is 19.2 Å². The van der Waals surface area contributed by atoms with Gasteiger partial charge < -0.3 is 42.2 Å². The average Bonchev–Trinajstić information content (AvgIpc) is 3.41. The highest BCUT2D eigenvalue weighted by molar-refractivity contribution is 5.97. The number of benzene rings is 1. The van der Waals surface area contributed by atoms with Crippen molar-refractivity contribution in [3.63, 3.8) is 0 Å². The Morgan fingerprint density at radius 2 is 1.77 bits per heavy atom. The van der Waals surface area contributed by atoms with Crippen molar-refractivity contribution in [2.24, 2.45) is 17.4 Å². The number of rotatable bonds is 15. The predicted octanol–water partition coefficient (Wildman–Crippen LogP) is 1.09. The first-order valence-electron chi connectivity index (χ1n) is 12.7. The van der Waals surface area contributed by atoms with Crippen LogP contribution in [0.4, 0.5) is 15.3 Å². The van der Waals surface area contributed by atoms with Gasteiger partial charge in [-0.15, -0.1) is 0 Å². The molecule has 0 saturated carbocycles. The lowest BCUT2D eigenvalue weighted by molar-refractivity contribution is -0.138. The normalized spacial score (nSPS) is 12.2. The van der Waals surface area contributed by atoms with Crippen LogP contribution in [0.3, 0.4) is 0 Å². The number of aromatic nitrogens is 1. The zero-order chi connectivity index (χ0) is 29.7. The van der Waals surface area contributed by atoms with Gasteiger partial charge in [-0.25, -0.2) is 9.59 Å². The summed E-state index contributed by atoms with van der Waals surface area (Å²) in [7, 11) is 0. The first-order valence-corrected chi connectivity index (χ1v) is 12.7. The monoisotopic (exact) mass is 559 g/mol. The quantitative estimate of drug-likeness (QED) is 0.156. The molecule has 1 heterocycles. The van der Waals surface area contributed by atoms with Crippen LogP contribution in [0.15, 0.2) is 42.6 Å². The van der Waals surface area contributed by atoms with Crippen LogP contribution in [0.1, 0.15) is 37.9 Å². The fourth-order valence-corrected chi connectivity index (χ4v) is 3.53. The van der Waals surface area contributed by atoms with Gasteiger partial charge in [-0.05, 0) is 48.6 Å². The van der Waals surface area contributed by atoms with Gasteiger partial charge in [-0.1, -0.05) is 26.0 Å². The number of aromatic amines is 1. The molecule has 0 saturated heterocycles. The van der Waals surface area contributed by atoms with Crippen LogP contribution in [-0.4, -0.2) is 70.1 Å². The van der Waals surface area contributed by atoms with E-state index in [0.29, 0.717) is 23.4 Å². The summed E-state index contributed by atoms with van der Waals surface area (Å²) >= 11 is 0. The lowest BCUT2D eigenvalue weighted by Gasteiger charge is -2.22. The molecule has 1 aromatic carbocycles. The standard InChI is InChI=1S/C26H37N7O7/c1-16(2)22(27)24(37)32-20(6-4-12-30-25(28)38)23(36)31-18-9-7-17(8-10-18)15-40-26(39)33(14-21(34)35)13-19-5-3-11-29-19/h3,5,7-11,16,20,22,29H,4,6,12-15,27H2,1-2H3,(H,31,36)(H,32,37)(H,34,35)(H3,28,30,38)/t20-,22-/m0/s1. The number of carbonyl (C=O) groups excluding carboxylic acids is 4. The van der Waals surface area contributed by atoms with Crippen molar-refractivity contribution in [3.05, 3.63) is 53.9 Å². The zero-order valence-electron chi connectivity index (χ0n) is 22.5. The van der Waals surface area contributed by atoms with Gasteiger partial charge in [-0.3, -0.25) is 19.3 Å². The number of hydrogen-bond donors (Lipinski definition) is 7. The smallest absolute Gasteiger partial charge is 0.410 e. The molecule has 218 valence electrons. The molecule has 0 bridgehead atoms. The summed E-state index contributed by atoms with van der Waals surface area (Å²) in [4.78, 5) is 64.0. The maximum atomic E-state index is 13.0. The van der Waals surface area contributed by atoms with Crippen molar-refractivity contribution in [2.45, 2.75) is 51.9 Å². The number of carboxylic acid groups (broad SMARTS) is 1. The number of nitrogens with one attached hydrogen (secondary N) is 4. The SMILES string of the molecule is CC(C)[C@H](N)C(=O)N[C@@H](CCCNC(N)=O)C(=O)Nc1ccc(COC(=O)N(CC(=O)O)Cc2ccc[nH]2)cc1. The molecule has 0 fully saturated rings. The summed E-state index contributed by atoms with van der Waals surface area (Å²) in [6, 6.07) is 7.53. The molecule has 5 amide bonds. The Labute approximate surface area is 231 Å². The molecule has 0 unspecified atom stereocenters. The van der Waals surface area contributed by atoms with Gasteiger partial charge in [-0.2, -0.15) is 0 Å².